The molecule has 12 atom stereocenters. The maximum Gasteiger partial charge on any atom is 0.404 e. The molecule has 0 aromatic heterocycles. The van der Waals surface area contributed by atoms with Gasteiger partial charge in [0.05, 0.1) is 35.5 Å². The SMILES string of the molecule is CCCC(CCC)CC(=O)N1C(=O)[C@H](CCc2cccc(Cl)c2)[C@H]1C(=O)O.C[C@@H](CC(=O)N1C(=O)[C@H](CCc2cccc(Cl)c2)[C@H]1C(=O)O)c1ccc2c(c1)OC(C)(F)O2.O=C(O)[C@@H]1[C@@H](CCc2cc(Cl)ccc2F)C(=O)N1C(=O)C[C@@H](C1CCCCC1)C(F)(F)F.O=C(O)[C@@H]1[C@@H](CCc2ccccc2Cl)C(=O)N1C(=O)C[C@@H](C1CCCCC1)C(F)(F)F. The van der Waals surface area contributed by atoms with Crippen molar-refractivity contribution in [3.05, 3.63) is 163 Å². The molecule has 668 valence electrons. The van der Waals surface area contributed by atoms with Crippen LogP contribution in [-0.2, 0) is 83.2 Å². The molecule has 2 aliphatic carbocycles. The van der Waals surface area contributed by atoms with Gasteiger partial charge < -0.3 is 29.9 Å². The van der Waals surface area contributed by atoms with Crippen LogP contribution in [0.25, 0.3) is 0 Å². The fourth-order valence-corrected chi connectivity index (χ4v) is 18.6. The lowest BCUT2D eigenvalue weighted by atomic mass is 9.77. The third kappa shape index (κ3) is 24.9. The summed E-state index contributed by atoms with van der Waals surface area (Å²) in [7, 11) is 0. The fourth-order valence-electron chi connectivity index (χ4n) is 17.8. The highest BCUT2D eigenvalue weighted by Gasteiger charge is 2.60. The number of likely N-dealkylation sites (tertiary alicyclic amines) is 4. The van der Waals surface area contributed by atoms with Crippen molar-refractivity contribution in [2.45, 2.75) is 243 Å². The number of nitrogens with zero attached hydrogens (tertiary/aromatic N) is 4. The first-order valence-electron chi connectivity index (χ1n) is 41.4. The molecule has 1 unspecified atom stereocenters. The van der Waals surface area contributed by atoms with Crippen LogP contribution in [0.1, 0.15) is 203 Å². The second kappa shape index (κ2) is 43.1. The molecule has 5 aliphatic heterocycles. The molecule has 0 radical (unpaired) electrons. The van der Waals surface area contributed by atoms with Crippen LogP contribution in [0, 0.1) is 59.1 Å². The van der Waals surface area contributed by atoms with Crippen molar-refractivity contribution in [3.63, 3.8) is 0 Å². The van der Waals surface area contributed by atoms with Gasteiger partial charge in [-0.2, -0.15) is 30.7 Å². The van der Waals surface area contributed by atoms with Gasteiger partial charge in [0.25, 0.3) is 0 Å². The molecule has 5 heterocycles. The Morgan fingerprint density at radius 3 is 1.22 bits per heavy atom. The van der Waals surface area contributed by atoms with Crippen LogP contribution >= 0.6 is 46.4 Å². The van der Waals surface area contributed by atoms with Crippen molar-refractivity contribution >= 4 is 118 Å². The van der Waals surface area contributed by atoms with E-state index >= 15 is 0 Å². The van der Waals surface area contributed by atoms with Crippen LogP contribution in [0.15, 0.2) is 109 Å². The van der Waals surface area contributed by atoms with Gasteiger partial charge in [0.1, 0.15) is 30.0 Å². The molecule has 34 heteroatoms. The van der Waals surface area contributed by atoms with Gasteiger partial charge in [0.2, 0.25) is 47.3 Å². The number of carboxylic acids is 4. The summed E-state index contributed by atoms with van der Waals surface area (Å²) in [6.07, 6.45) is 0.871. The number of amides is 8. The normalized spacial score (nSPS) is 22.6. The van der Waals surface area contributed by atoms with Crippen molar-refractivity contribution in [1.82, 2.24) is 19.6 Å². The largest absolute Gasteiger partial charge is 0.480 e. The zero-order valence-electron chi connectivity index (χ0n) is 68.2. The molecule has 12 rings (SSSR count). The van der Waals surface area contributed by atoms with Gasteiger partial charge in [-0.15, -0.1) is 0 Å². The molecule has 5 aromatic rings. The number of hydrogen-bond acceptors (Lipinski definition) is 14. The highest BCUT2D eigenvalue weighted by molar-refractivity contribution is 6.32. The van der Waals surface area contributed by atoms with E-state index in [0.29, 0.717) is 114 Å². The number of β-lactam (4-membered cyclic amide) rings is 4. The predicted molar refractivity (Wildman–Crippen MR) is 436 cm³/mol. The molecule has 7 aliphatic rings. The molecule has 123 heavy (non-hydrogen) atoms. The van der Waals surface area contributed by atoms with E-state index < -0.39 is 168 Å². The van der Waals surface area contributed by atoms with Gasteiger partial charge in [-0.25, -0.2) is 23.6 Å². The third-order valence-corrected chi connectivity index (χ3v) is 25.2. The van der Waals surface area contributed by atoms with Gasteiger partial charge in [-0.05, 0) is 189 Å². The Labute approximate surface area is 726 Å². The lowest BCUT2D eigenvalue weighted by molar-refractivity contribution is -0.200. The number of hydrogen-bond donors (Lipinski definition) is 4. The van der Waals surface area contributed by atoms with E-state index in [9.17, 15) is 113 Å². The standard InChI is InChI=1S/C24H23ClFNO6.C22H24ClF4NO4.C22H25ClF3NO4.C21H28ClNO4/c1-13(15-7-9-18-19(12-15)33-24(2,26)32-18)10-20(28)27-21(23(30)31)17(22(27)29)8-6-14-4-3-5-16(25)11-14;23-14-7-9-17(24)13(10-14)6-8-15-19(21(31)32)28(20(15)30)18(29)11-16(22(25,26)27)12-4-2-1-3-5-12;23-17-9-5-4-8-14(17)10-11-15-19(21(30)31)27(20(15)29)18(28)12-16(22(24,25)26)13-6-2-1-3-7-13;1-3-6-14(7-4-2)13-18(24)23-19(21(26)27)17(20(23)25)11-10-15-8-5-9-16(22)12-15/h3-5,7,9,11-13,17,21H,6,8,10H2,1-2H3,(H,30,31);7,9-10,12,15-16,19H,1-6,8,11H2,(H,31,32);4-5,8-9,13,15-16,19H,1-3,6-7,10-12H2,(H,30,31);5,8-9,12,14,17,19H,3-4,6-7,10-11,13H2,1-2H3,(H,26,27)/t13-,17+,21-,24?;2*15-,16+,19+;17-,19+/m0111/s1. The average molecular weight is 1810 g/mol. The first kappa shape index (κ1) is 97.5. The van der Waals surface area contributed by atoms with Crippen LogP contribution in [0.5, 0.6) is 11.5 Å². The van der Waals surface area contributed by atoms with Crippen LogP contribution in [0.4, 0.5) is 35.1 Å². The van der Waals surface area contributed by atoms with Crippen molar-refractivity contribution in [2.75, 3.05) is 0 Å². The smallest absolute Gasteiger partial charge is 0.404 e. The Hall–Kier alpha value is -9.26. The zero-order chi connectivity index (χ0) is 90.3. The first-order valence-corrected chi connectivity index (χ1v) is 42.9. The van der Waals surface area contributed by atoms with Crippen molar-refractivity contribution in [3.8, 4) is 11.5 Å². The number of fused-ring (bicyclic) bond motifs is 1. The Bertz CT molecular complexity index is 4670. The predicted octanol–water partition coefficient (Wildman–Crippen LogP) is 18.5. The average Bonchev–Trinajstić information content (AvgIpc) is 1.70. The lowest BCUT2D eigenvalue weighted by Gasteiger charge is -2.44. The quantitative estimate of drug-likeness (QED) is 0.0237. The monoisotopic (exact) mass is 1800 g/mol. The van der Waals surface area contributed by atoms with E-state index in [4.69, 9.17) is 55.9 Å². The molecule has 22 nitrogen and oxygen atoms in total. The molecule has 6 fully saturated rings. The molecule has 0 bridgehead atoms. The second-order valence-electron chi connectivity index (χ2n) is 32.7. The zero-order valence-corrected chi connectivity index (χ0v) is 71.2. The third-order valence-electron chi connectivity index (χ3n) is 24.2. The molecule has 8 amide bonds. The molecule has 4 N–H and O–H groups in total. The Morgan fingerprint density at radius 2 is 0.829 bits per heavy atom. The van der Waals surface area contributed by atoms with Crippen LogP contribution in [0.3, 0.4) is 0 Å². The summed E-state index contributed by atoms with van der Waals surface area (Å²) < 4.78 is 120. The number of imide groups is 4. The maximum absolute atomic E-state index is 13.9. The van der Waals surface area contributed by atoms with Crippen LogP contribution < -0.4 is 9.47 Å². The second-order valence-corrected chi connectivity index (χ2v) is 34.4. The van der Waals surface area contributed by atoms with Gasteiger partial charge in [0, 0.05) is 52.7 Å². The number of carbonyl (C=O) groups excluding carboxylic acids is 8. The molecule has 4 saturated heterocycles. The van der Waals surface area contributed by atoms with Crippen molar-refractivity contribution in [1.29, 1.82) is 0 Å². The minimum Gasteiger partial charge on any atom is -0.480 e. The summed E-state index contributed by atoms with van der Waals surface area (Å²) in [5.74, 6) is -19.6. The van der Waals surface area contributed by atoms with Gasteiger partial charge >= 0.3 is 42.3 Å². The maximum atomic E-state index is 13.9. The summed E-state index contributed by atoms with van der Waals surface area (Å²) >= 11 is 23.9. The summed E-state index contributed by atoms with van der Waals surface area (Å²) in [5, 5.41) is 40.2. The van der Waals surface area contributed by atoms with E-state index in [1.165, 1.54) is 12.1 Å². The molecule has 0 spiro atoms. The van der Waals surface area contributed by atoms with Crippen molar-refractivity contribution < 1.29 is 123 Å². The van der Waals surface area contributed by atoms with Gasteiger partial charge in [-0.3, -0.25) is 58.0 Å². The van der Waals surface area contributed by atoms with E-state index in [0.717, 1.165) is 78.0 Å². The number of benzene rings is 5. The molecule has 2 saturated carbocycles. The topological polar surface area (TPSA) is 317 Å². The Morgan fingerprint density at radius 1 is 0.455 bits per heavy atom. The summed E-state index contributed by atoms with van der Waals surface area (Å²) in [6, 6.07) is 22.5. The van der Waals surface area contributed by atoms with Gasteiger partial charge in [0.15, 0.2) is 11.5 Å². The molecular formula is C89H100Cl4F8N4O18. The fraction of sp³-hybridized carbons (Fsp3) is 0.528. The van der Waals surface area contributed by atoms with E-state index in [-0.39, 0.29) is 77.8 Å². The first-order chi connectivity index (χ1) is 58.0. The lowest BCUT2D eigenvalue weighted by Crippen LogP contribution is -2.66. The highest BCUT2D eigenvalue weighted by atomic mass is 35.5. The number of aryl methyl sites for hydroxylation is 4. The minimum atomic E-state index is -4.62. The van der Waals surface area contributed by atoms with Crippen molar-refractivity contribution in [2.24, 2.45) is 53.3 Å². The van der Waals surface area contributed by atoms with Crippen LogP contribution in [0.2, 0.25) is 20.1 Å². The summed E-state index contributed by atoms with van der Waals surface area (Å²) in [5.41, 5.74) is 3.45. The van der Waals surface area contributed by atoms with Crippen LogP contribution in [-0.4, -0.2) is 154 Å². The Balaban J connectivity index is 0.000000187. The Kier molecular flexibility index (Phi) is 34.2. The summed E-state index contributed by atoms with van der Waals surface area (Å²) in [6.45, 7) is 7.03. The van der Waals surface area contributed by atoms with Gasteiger partial charge in [-0.1, -0.05) is 180 Å². The number of ether oxygens (including phenoxy) is 2. The molecular weight excluding hydrogens is 1710 g/mol. The van der Waals surface area contributed by atoms with E-state index in [2.05, 4.69) is 13.8 Å². The van der Waals surface area contributed by atoms with E-state index in [1.807, 2.05) is 24.3 Å². The number of rotatable bonds is 31. The summed E-state index contributed by atoms with van der Waals surface area (Å²) in [4.78, 5) is 151. The number of carboxylic acid groups (broad SMARTS) is 4. The number of carbonyl (C=O) groups is 12. The number of aliphatic carboxylic acids is 4. The molecule has 5 aromatic carbocycles. The highest BCUT2D eigenvalue weighted by Crippen LogP contribution is 2.48. The number of halogens is 12. The minimum absolute atomic E-state index is 0.00185. The van der Waals surface area contributed by atoms with E-state index in [1.54, 1.807) is 73.7 Å². The number of alkyl halides is 7.